The van der Waals surface area contributed by atoms with Crippen molar-refractivity contribution in [1.29, 1.82) is 0 Å². The Morgan fingerprint density at radius 2 is 1.88 bits per heavy atom. The standard InChI is InChI=1S/C23H29N5O4S/c1-17(29)28-11-9-27(10-12-28)13-14-32-21-7-8-24-23-22(21)20(16-25-23)19-5-3-18(4-6-19)15-26-33(2,30)31/h3-8,16,26H,9-15H2,1-2H3,(H,24,25). The average Bonchev–Trinajstić information content (AvgIpc) is 3.23. The molecular weight excluding hydrogens is 442 g/mol. The molecule has 4 rings (SSSR count). The average molecular weight is 472 g/mol. The number of nitrogens with zero attached hydrogens (tertiary/aromatic N) is 3. The van der Waals surface area contributed by atoms with Crippen LogP contribution < -0.4 is 9.46 Å². The molecule has 0 spiro atoms. The molecule has 1 aliphatic heterocycles. The van der Waals surface area contributed by atoms with Gasteiger partial charge in [-0.25, -0.2) is 18.1 Å². The number of hydrogen-bond donors (Lipinski definition) is 2. The van der Waals surface area contributed by atoms with Gasteiger partial charge in [0.05, 0.1) is 11.6 Å². The molecule has 0 bridgehead atoms. The van der Waals surface area contributed by atoms with Crippen LogP contribution >= 0.6 is 0 Å². The first kappa shape index (κ1) is 23.2. The van der Waals surface area contributed by atoms with Gasteiger partial charge in [-0.2, -0.15) is 0 Å². The van der Waals surface area contributed by atoms with Gasteiger partial charge >= 0.3 is 0 Å². The zero-order chi connectivity index (χ0) is 23.4. The number of amides is 1. The molecule has 2 aromatic heterocycles. The van der Waals surface area contributed by atoms with Gasteiger partial charge in [0.15, 0.2) is 0 Å². The van der Waals surface area contributed by atoms with Crippen LogP contribution in [0.1, 0.15) is 12.5 Å². The number of fused-ring (bicyclic) bond motifs is 1. The van der Waals surface area contributed by atoms with E-state index in [2.05, 4.69) is 19.6 Å². The van der Waals surface area contributed by atoms with Gasteiger partial charge < -0.3 is 14.6 Å². The van der Waals surface area contributed by atoms with E-state index in [-0.39, 0.29) is 12.5 Å². The first-order valence-electron chi connectivity index (χ1n) is 10.9. The van der Waals surface area contributed by atoms with Crippen LogP contribution in [0, 0.1) is 0 Å². The van der Waals surface area contributed by atoms with Gasteiger partial charge in [0.25, 0.3) is 0 Å². The summed E-state index contributed by atoms with van der Waals surface area (Å²) >= 11 is 0. The fraction of sp³-hybridized carbons (Fsp3) is 0.391. The molecule has 176 valence electrons. The molecule has 1 fully saturated rings. The van der Waals surface area contributed by atoms with Gasteiger partial charge in [-0.3, -0.25) is 9.69 Å². The second kappa shape index (κ2) is 9.90. The monoisotopic (exact) mass is 471 g/mol. The fourth-order valence-corrected chi connectivity index (χ4v) is 4.39. The van der Waals surface area contributed by atoms with Crippen LogP contribution in [-0.4, -0.2) is 79.7 Å². The predicted octanol–water partition coefficient (Wildman–Crippen LogP) is 1.82. The van der Waals surface area contributed by atoms with E-state index in [4.69, 9.17) is 4.74 Å². The molecule has 10 heteroatoms. The number of rotatable bonds is 8. The third-order valence-electron chi connectivity index (χ3n) is 5.82. The smallest absolute Gasteiger partial charge is 0.219 e. The Balaban J connectivity index is 1.43. The van der Waals surface area contributed by atoms with Crippen molar-refractivity contribution in [2.45, 2.75) is 13.5 Å². The molecule has 1 amide bonds. The number of aromatic nitrogens is 2. The Kier molecular flexibility index (Phi) is 6.96. The van der Waals surface area contributed by atoms with E-state index in [1.165, 1.54) is 0 Å². The number of benzene rings is 1. The minimum atomic E-state index is -3.23. The van der Waals surface area contributed by atoms with Crippen LogP contribution in [0.2, 0.25) is 0 Å². The van der Waals surface area contributed by atoms with Crippen LogP contribution in [0.25, 0.3) is 22.2 Å². The molecule has 1 aromatic carbocycles. The molecule has 3 heterocycles. The summed E-state index contributed by atoms with van der Waals surface area (Å²) in [7, 11) is -3.23. The van der Waals surface area contributed by atoms with Crippen LogP contribution in [0.3, 0.4) is 0 Å². The number of aromatic amines is 1. The van der Waals surface area contributed by atoms with Gasteiger partial charge in [0, 0.05) is 64.1 Å². The Morgan fingerprint density at radius 3 is 2.55 bits per heavy atom. The highest BCUT2D eigenvalue weighted by molar-refractivity contribution is 7.88. The lowest BCUT2D eigenvalue weighted by Gasteiger charge is -2.34. The van der Waals surface area contributed by atoms with E-state index in [0.29, 0.717) is 6.61 Å². The highest BCUT2D eigenvalue weighted by Crippen LogP contribution is 2.34. The summed E-state index contributed by atoms with van der Waals surface area (Å²) in [5.41, 5.74) is 3.59. The number of pyridine rings is 1. The molecule has 2 N–H and O–H groups in total. The molecule has 9 nitrogen and oxygen atoms in total. The van der Waals surface area contributed by atoms with Crippen molar-refractivity contribution in [2.75, 3.05) is 45.6 Å². The second-order valence-electron chi connectivity index (χ2n) is 8.22. The van der Waals surface area contributed by atoms with Crippen LogP contribution in [0.4, 0.5) is 0 Å². The third-order valence-corrected chi connectivity index (χ3v) is 6.49. The summed E-state index contributed by atoms with van der Waals surface area (Å²) in [6, 6.07) is 9.62. The number of sulfonamides is 1. The number of ether oxygens (including phenoxy) is 1. The lowest BCUT2D eigenvalue weighted by atomic mass is 10.0. The second-order valence-corrected chi connectivity index (χ2v) is 10.1. The molecule has 33 heavy (non-hydrogen) atoms. The van der Waals surface area contributed by atoms with Crippen molar-refractivity contribution in [1.82, 2.24) is 24.5 Å². The zero-order valence-corrected chi connectivity index (χ0v) is 19.7. The summed E-state index contributed by atoms with van der Waals surface area (Å²) in [4.78, 5) is 23.3. The van der Waals surface area contributed by atoms with Gasteiger partial charge in [0.1, 0.15) is 18.0 Å². The first-order chi connectivity index (χ1) is 15.8. The number of nitrogens with one attached hydrogen (secondary N) is 2. The first-order valence-corrected chi connectivity index (χ1v) is 12.8. The number of piperazine rings is 1. The highest BCUT2D eigenvalue weighted by atomic mass is 32.2. The normalized spacial score (nSPS) is 15.2. The lowest BCUT2D eigenvalue weighted by molar-refractivity contribution is -0.130. The maximum absolute atomic E-state index is 11.5. The lowest BCUT2D eigenvalue weighted by Crippen LogP contribution is -2.48. The molecule has 0 radical (unpaired) electrons. The largest absolute Gasteiger partial charge is 0.491 e. The Bertz CT molecular complexity index is 1220. The summed E-state index contributed by atoms with van der Waals surface area (Å²) < 4.78 is 31.3. The predicted molar refractivity (Wildman–Crippen MR) is 127 cm³/mol. The zero-order valence-electron chi connectivity index (χ0n) is 18.9. The van der Waals surface area contributed by atoms with E-state index in [1.807, 2.05) is 41.4 Å². The van der Waals surface area contributed by atoms with Crippen LogP contribution in [-0.2, 0) is 21.4 Å². The number of hydrogen-bond acceptors (Lipinski definition) is 6. The van der Waals surface area contributed by atoms with E-state index in [0.717, 1.165) is 72.5 Å². The number of H-pyrrole nitrogens is 1. The SMILES string of the molecule is CC(=O)N1CCN(CCOc2ccnc3[nH]cc(-c4ccc(CNS(C)(=O)=O)cc4)c23)CC1. The fourth-order valence-electron chi connectivity index (χ4n) is 3.96. The van der Waals surface area contributed by atoms with E-state index < -0.39 is 10.0 Å². The van der Waals surface area contributed by atoms with Gasteiger partial charge in [-0.15, -0.1) is 0 Å². The Morgan fingerprint density at radius 1 is 1.15 bits per heavy atom. The van der Waals surface area contributed by atoms with Crippen molar-refractivity contribution in [3.8, 4) is 16.9 Å². The molecular formula is C23H29N5O4S. The summed E-state index contributed by atoms with van der Waals surface area (Å²) in [5, 5.41) is 0.918. The van der Waals surface area contributed by atoms with Crippen LogP contribution in [0.15, 0.2) is 42.7 Å². The van der Waals surface area contributed by atoms with Crippen molar-refractivity contribution >= 4 is 27.0 Å². The summed E-state index contributed by atoms with van der Waals surface area (Å²) in [5.74, 6) is 0.895. The quantitative estimate of drug-likeness (QED) is 0.519. The minimum Gasteiger partial charge on any atom is -0.491 e. The maximum atomic E-state index is 11.5. The Labute approximate surface area is 193 Å². The molecule has 0 atom stereocenters. The van der Waals surface area contributed by atoms with Gasteiger partial charge in [-0.1, -0.05) is 24.3 Å². The van der Waals surface area contributed by atoms with E-state index >= 15 is 0 Å². The third kappa shape index (κ3) is 5.89. The molecule has 3 aromatic rings. The van der Waals surface area contributed by atoms with Gasteiger partial charge in [0.2, 0.25) is 15.9 Å². The summed E-state index contributed by atoms with van der Waals surface area (Å²) in [6.45, 7) is 6.41. The minimum absolute atomic E-state index is 0.129. The Hall–Kier alpha value is -2.95. The van der Waals surface area contributed by atoms with Crippen molar-refractivity contribution in [3.05, 3.63) is 48.3 Å². The van der Waals surface area contributed by atoms with Gasteiger partial charge in [-0.05, 0) is 17.2 Å². The number of carbonyl (C=O) groups is 1. The van der Waals surface area contributed by atoms with E-state index in [1.54, 1.807) is 13.1 Å². The molecule has 0 saturated carbocycles. The van der Waals surface area contributed by atoms with Crippen molar-refractivity contribution in [3.63, 3.8) is 0 Å². The van der Waals surface area contributed by atoms with E-state index in [9.17, 15) is 13.2 Å². The highest BCUT2D eigenvalue weighted by Gasteiger charge is 2.19. The topological polar surface area (TPSA) is 108 Å². The maximum Gasteiger partial charge on any atom is 0.219 e. The summed E-state index contributed by atoms with van der Waals surface area (Å²) in [6.07, 6.45) is 4.78. The molecule has 1 aliphatic rings. The molecule has 1 saturated heterocycles. The molecule has 0 unspecified atom stereocenters. The van der Waals surface area contributed by atoms with Crippen molar-refractivity contribution < 1.29 is 17.9 Å². The molecule has 0 aliphatic carbocycles. The van der Waals surface area contributed by atoms with Crippen LogP contribution in [0.5, 0.6) is 5.75 Å². The number of carbonyl (C=O) groups excluding carboxylic acids is 1. The van der Waals surface area contributed by atoms with Crippen molar-refractivity contribution in [2.24, 2.45) is 0 Å².